The van der Waals surface area contributed by atoms with Crippen molar-refractivity contribution < 1.29 is 9.53 Å². The number of amides is 1. The molecule has 1 saturated heterocycles. The van der Waals surface area contributed by atoms with Gasteiger partial charge in [0.25, 0.3) is 5.91 Å². The lowest BCUT2D eigenvalue weighted by molar-refractivity contribution is -0.113. The molecule has 1 amide bonds. The maximum atomic E-state index is 13.2. The molecule has 5 heteroatoms. The highest BCUT2D eigenvalue weighted by Crippen LogP contribution is 2.39. The van der Waals surface area contributed by atoms with Crippen LogP contribution in [0.5, 0.6) is 5.75 Å². The summed E-state index contributed by atoms with van der Waals surface area (Å²) in [5.74, 6) is 0.690. The molecule has 1 heterocycles. The predicted octanol–water partition coefficient (Wildman–Crippen LogP) is 6.34. The molecule has 3 nitrogen and oxygen atoms in total. The van der Waals surface area contributed by atoms with E-state index < -0.39 is 0 Å². The number of hydrogen-bond donors (Lipinski definition) is 0. The third-order valence-corrected chi connectivity index (χ3v) is 6.12. The first-order valence-corrected chi connectivity index (χ1v) is 10.8. The Morgan fingerprint density at radius 3 is 2.62 bits per heavy atom. The Bertz CT molecular complexity index is 1140. The number of fused-ring (bicyclic) bond motifs is 1. The van der Waals surface area contributed by atoms with Crippen LogP contribution >= 0.6 is 24.0 Å². The first kappa shape index (κ1) is 19.7. The van der Waals surface area contributed by atoms with E-state index in [0.717, 1.165) is 39.8 Å². The summed E-state index contributed by atoms with van der Waals surface area (Å²) in [6.45, 7) is 4.69. The lowest BCUT2D eigenvalue weighted by Crippen LogP contribution is -2.28. The van der Waals surface area contributed by atoms with Crippen LogP contribution in [0.15, 0.2) is 65.6 Å². The van der Waals surface area contributed by atoms with Crippen LogP contribution in [0.4, 0.5) is 5.69 Å². The topological polar surface area (TPSA) is 29.5 Å². The van der Waals surface area contributed by atoms with Crippen molar-refractivity contribution in [1.29, 1.82) is 0 Å². The van der Waals surface area contributed by atoms with Crippen LogP contribution in [0.1, 0.15) is 24.5 Å². The number of thioether (sulfide) groups is 1. The molecule has 146 valence electrons. The van der Waals surface area contributed by atoms with Gasteiger partial charge in [-0.1, -0.05) is 79.4 Å². The highest BCUT2D eigenvalue weighted by molar-refractivity contribution is 8.27. The number of thiocarbonyl (C=S) groups is 1. The maximum absolute atomic E-state index is 13.2. The fraction of sp³-hybridized carbons (Fsp3) is 0.167. The summed E-state index contributed by atoms with van der Waals surface area (Å²) >= 11 is 6.88. The average Bonchev–Trinajstić information content (AvgIpc) is 3.01. The van der Waals surface area contributed by atoms with Gasteiger partial charge < -0.3 is 4.74 Å². The van der Waals surface area contributed by atoms with Crippen molar-refractivity contribution in [3.8, 4) is 5.75 Å². The average molecular weight is 420 g/mol. The molecule has 0 saturated carbocycles. The van der Waals surface area contributed by atoms with Crippen LogP contribution in [0, 0.1) is 6.92 Å². The van der Waals surface area contributed by atoms with E-state index in [1.165, 1.54) is 11.8 Å². The molecule has 1 fully saturated rings. The highest BCUT2D eigenvalue weighted by Gasteiger charge is 2.34. The van der Waals surface area contributed by atoms with E-state index in [1.54, 1.807) is 4.90 Å². The molecule has 0 aromatic heterocycles. The quantitative estimate of drug-likeness (QED) is 0.356. The van der Waals surface area contributed by atoms with Gasteiger partial charge in [0.2, 0.25) is 0 Å². The molecule has 0 radical (unpaired) electrons. The van der Waals surface area contributed by atoms with Crippen molar-refractivity contribution in [2.45, 2.75) is 20.3 Å². The smallest absolute Gasteiger partial charge is 0.270 e. The third kappa shape index (κ3) is 3.80. The van der Waals surface area contributed by atoms with E-state index in [0.29, 0.717) is 15.8 Å². The normalized spacial score (nSPS) is 15.5. The first-order chi connectivity index (χ1) is 14.1. The molecule has 29 heavy (non-hydrogen) atoms. The lowest BCUT2D eigenvalue weighted by Gasteiger charge is -2.17. The zero-order chi connectivity index (χ0) is 20.4. The van der Waals surface area contributed by atoms with Crippen molar-refractivity contribution in [2.24, 2.45) is 0 Å². The molecular formula is C24H21NO2S2. The Morgan fingerprint density at radius 2 is 1.83 bits per heavy atom. The summed E-state index contributed by atoms with van der Waals surface area (Å²) in [6, 6.07) is 20.0. The summed E-state index contributed by atoms with van der Waals surface area (Å²) in [6.07, 6.45) is 2.84. The molecule has 0 bridgehead atoms. The van der Waals surface area contributed by atoms with Gasteiger partial charge in [0.05, 0.1) is 17.2 Å². The zero-order valence-corrected chi connectivity index (χ0v) is 18.0. The second-order valence-corrected chi connectivity index (χ2v) is 8.53. The third-order valence-electron chi connectivity index (χ3n) is 4.82. The monoisotopic (exact) mass is 419 g/mol. The van der Waals surface area contributed by atoms with Crippen LogP contribution < -0.4 is 9.64 Å². The number of hydrogen-bond acceptors (Lipinski definition) is 4. The number of nitrogens with zero attached hydrogens (tertiary/aromatic N) is 1. The van der Waals surface area contributed by atoms with Gasteiger partial charge >= 0.3 is 0 Å². The Hall–Kier alpha value is -2.63. The Kier molecular flexibility index (Phi) is 5.69. The van der Waals surface area contributed by atoms with Gasteiger partial charge in [0, 0.05) is 5.56 Å². The van der Waals surface area contributed by atoms with E-state index in [9.17, 15) is 4.79 Å². The highest BCUT2D eigenvalue weighted by atomic mass is 32.2. The number of para-hydroxylation sites is 1. The van der Waals surface area contributed by atoms with E-state index in [-0.39, 0.29) is 5.91 Å². The van der Waals surface area contributed by atoms with Gasteiger partial charge in [0.1, 0.15) is 5.75 Å². The van der Waals surface area contributed by atoms with E-state index >= 15 is 0 Å². The minimum Gasteiger partial charge on any atom is -0.493 e. The largest absolute Gasteiger partial charge is 0.493 e. The molecule has 0 N–H and O–H groups in total. The predicted molar refractivity (Wildman–Crippen MR) is 127 cm³/mol. The van der Waals surface area contributed by atoms with E-state index in [2.05, 4.69) is 25.1 Å². The number of carbonyl (C=O) groups excluding carboxylic acids is 1. The molecular weight excluding hydrogens is 398 g/mol. The van der Waals surface area contributed by atoms with Gasteiger partial charge in [-0.25, -0.2) is 0 Å². The van der Waals surface area contributed by atoms with Crippen LogP contribution in [0.2, 0.25) is 0 Å². The summed E-state index contributed by atoms with van der Waals surface area (Å²) in [7, 11) is 0. The Labute approximate surface area is 180 Å². The van der Waals surface area contributed by atoms with Crippen molar-refractivity contribution in [3.05, 3.63) is 76.7 Å². The van der Waals surface area contributed by atoms with Gasteiger partial charge in [0.15, 0.2) is 4.32 Å². The Balaban J connectivity index is 1.80. The van der Waals surface area contributed by atoms with E-state index in [4.69, 9.17) is 17.0 Å². The number of anilines is 1. The molecule has 0 spiro atoms. The molecule has 4 rings (SSSR count). The van der Waals surface area contributed by atoms with Gasteiger partial charge in [-0.2, -0.15) is 0 Å². The second-order valence-electron chi connectivity index (χ2n) is 6.85. The van der Waals surface area contributed by atoms with Crippen molar-refractivity contribution in [2.75, 3.05) is 11.5 Å². The molecule has 0 aliphatic carbocycles. The summed E-state index contributed by atoms with van der Waals surface area (Å²) in [4.78, 5) is 15.5. The van der Waals surface area contributed by atoms with Crippen molar-refractivity contribution >= 4 is 56.7 Å². The number of carbonyl (C=O) groups is 1. The zero-order valence-electron chi connectivity index (χ0n) is 16.3. The summed E-state index contributed by atoms with van der Waals surface area (Å²) in [5.41, 5.74) is 2.77. The number of aryl methyl sites for hydroxylation is 1. The number of rotatable bonds is 5. The summed E-state index contributed by atoms with van der Waals surface area (Å²) < 4.78 is 6.53. The molecule has 1 aliphatic heterocycles. The lowest BCUT2D eigenvalue weighted by atomic mass is 10.0. The fourth-order valence-electron chi connectivity index (χ4n) is 3.38. The SMILES string of the molecule is CCCOc1ccc2ccccc2c1/C=C1/SC(=S)N(c2ccccc2C)C1=O. The van der Waals surface area contributed by atoms with Crippen molar-refractivity contribution in [3.63, 3.8) is 0 Å². The molecule has 1 aliphatic rings. The van der Waals surface area contributed by atoms with Gasteiger partial charge in [-0.3, -0.25) is 9.69 Å². The minimum absolute atomic E-state index is 0.0938. The van der Waals surface area contributed by atoms with E-state index in [1.807, 2.05) is 55.5 Å². The van der Waals surface area contributed by atoms with Gasteiger partial charge in [-0.15, -0.1) is 0 Å². The Morgan fingerprint density at radius 1 is 1.07 bits per heavy atom. The van der Waals surface area contributed by atoms with Gasteiger partial charge in [-0.05, 0) is 47.9 Å². The standard InChI is InChI=1S/C24H21NO2S2/c1-3-14-27-21-13-12-17-9-5-6-10-18(17)19(21)15-22-23(26)25(24(28)29-22)20-11-7-4-8-16(20)2/h4-13,15H,3,14H2,1-2H3/b22-15+. The van der Waals surface area contributed by atoms with Crippen LogP contribution in [0.3, 0.4) is 0 Å². The minimum atomic E-state index is -0.0938. The molecule has 0 unspecified atom stereocenters. The molecule has 3 aromatic carbocycles. The maximum Gasteiger partial charge on any atom is 0.270 e. The van der Waals surface area contributed by atoms with Crippen LogP contribution in [-0.2, 0) is 4.79 Å². The number of ether oxygens (including phenoxy) is 1. The fourth-order valence-corrected chi connectivity index (χ4v) is 4.65. The first-order valence-electron chi connectivity index (χ1n) is 9.58. The van der Waals surface area contributed by atoms with Crippen molar-refractivity contribution in [1.82, 2.24) is 0 Å². The second kappa shape index (κ2) is 8.39. The molecule has 0 atom stereocenters. The number of benzene rings is 3. The molecule has 3 aromatic rings. The van der Waals surface area contributed by atoms with Crippen LogP contribution in [0.25, 0.3) is 16.8 Å². The van der Waals surface area contributed by atoms with Crippen LogP contribution in [-0.4, -0.2) is 16.8 Å². The summed E-state index contributed by atoms with van der Waals surface area (Å²) in [5, 5.41) is 2.17.